The number of carboxylic acids is 1. The first kappa shape index (κ1) is 17.2. The Labute approximate surface area is 131 Å². The molecule has 2 rings (SSSR count). The number of hydrogen-bond donors (Lipinski definition) is 1. The molecule has 2 aliphatic heterocycles. The van der Waals surface area contributed by atoms with Gasteiger partial charge in [0.2, 0.25) is 0 Å². The lowest BCUT2D eigenvalue weighted by molar-refractivity contribution is -0.147. The summed E-state index contributed by atoms with van der Waals surface area (Å²) in [4.78, 5) is 24.9. The topological polar surface area (TPSA) is 76.1 Å². The molecule has 1 amide bonds. The third-order valence-corrected chi connectivity index (χ3v) is 4.54. The molecule has 0 radical (unpaired) electrons. The zero-order valence-electron chi connectivity index (χ0n) is 13.3. The van der Waals surface area contributed by atoms with E-state index >= 15 is 0 Å². The predicted octanol–water partition coefficient (Wildman–Crippen LogP) is 1.67. The summed E-state index contributed by atoms with van der Waals surface area (Å²) in [6.07, 6.45) is 4.65. The number of hydrogen-bond acceptors (Lipinski definition) is 4. The van der Waals surface area contributed by atoms with Gasteiger partial charge in [0, 0.05) is 26.1 Å². The molecule has 2 saturated heterocycles. The Morgan fingerprint density at radius 1 is 1.27 bits per heavy atom. The molecule has 0 aliphatic carbocycles. The van der Waals surface area contributed by atoms with Crippen LogP contribution in [-0.2, 0) is 19.1 Å². The Morgan fingerprint density at radius 2 is 2.00 bits per heavy atom. The number of likely N-dealkylation sites (tertiary alicyclic amines) is 1. The van der Waals surface area contributed by atoms with Crippen molar-refractivity contribution in [1.82, 2.24) is 4.90 Å². The highest BCUT2D eigenvalue weighted by molar-refractivity contribution is 5.80. The maximum absolute atomic E-state index is 12.3. The lowest BCUT2D eigenvalue weighted by atomic mass is 9.93. The molecule has 1 N–H and O–H groups in total. The number of amides is 1. The fraction of sp³-hybridized carbons (Fsp3) is 0.875. The van der Waals surface area contributed by atoms with E-state index in [0.717, 1.165) is 38.7 Å². The molecule has 0 aromatic rings. The van der Waals surface area contributed by atoms with Crippen LogP contribution in [0.1, 0.15) is 45.4 Å². The van der Waals surface area contributed by atoms with Crippen molar-refractivity contribution < 1.29 is 24.2 Å². The van der Waals surface area contributed by atoms with Crippen LogP contribution in [0.2, 0.25) is 0 Å². The molecule has 2 unspecified atom stereocenters. The first-order valence-corrected chi connectivity index (χ1v) is 8.30. The summed E-state index contributed by atoms with van der Waals surface area (Å²) in [6, 6.07) is 0. The van der Waals surface area contributed by atoms with Gasteiger partial charge in [0.1, 0.15) is 6.10 Å². The first-order chi connectivity index (χ1) is 10.6. The van der Waals surface area contributed by atoms with Crippen LogP contribution in [0.15, 0.2) is 0 Å². The summed E-state index contributed by atoms with van der Waals surface area (Å²) in [5, 5.41) is 8.81. The maximum Gasteiger partial charge on any atom is 0.303 e. The summed E-state index contributed by atoms with van der Waals surface area (Å²) < 4.78 is 11.3. The Morgan fingerprint density at radius 3 is 2.59 bits per heavy atom. The predicted molar refractivity (Wildman–Crippen MR) is 80.6 cm³/mol. The summed E-state index contributed by atoms with van der Waals surface area (Å²) >= 11 is 0. The van der Waals surface area contributed by atoms with Gasteiger partial charge in [-0.05, 0) is 44.9 Å². The van der Waals surface area contributed by atoms with Gasteiger partial charge in [-0.25, -0.2) is 0 Å². The number of carboxylic acid groups (broad SMARTS) is 1. The third-order valence-electron chi connectivity index (χ3n) is 4.54. The molecule has 6 nitrogen and oxygen atoms in total. The van der Waals surface area contributed by atoms with Gasteiger partial charge in [0.25, 0.3) is 5.91 Å². The van der Waals surface area contributed by atoms with Crippen molar-refractivity contribution in [3.05, 3.63) is 0 Å². The monoisotopic (exact) mass is 313 g/mol. The van der Waals surface area contributed by atoms with Crippen molar-refractivity contribution in [3.63, 3.8) is 0 Å². The van der Waals surface area contributed by atoms with Gasteiger partial charge in [0.05, 0.1) is 12.7 Å². The van der Waals surface area contributed by atoms with Crippen LogP contribution in [-0.4, -0.2) is 60.4 Å². The van der Waals surface area contributed by atoms with Gasteiger partial charge in [-0.2, -0.15) is 0 Å². The smallest absolute Gasteiger partial charge is 0.303 e. The summed E-state index contributed by atoms with van der Waals surface area (Å²) in [5.41, 5.74) is 0. The second-order valence-electron chi connectivity index (χ2n) is 6.33. The van der Waals surface area contributed by atoms with E-state index in [0.29, 0.717) is 19.7 Å². The van der Waals surface area contributed by atoms with E-state index in [-0.39, 0.29) is 24.3 Å². The molecule has 0 aromatic carbocycles. The molecular weight excluding hydrogens is 286 g/mol. The van der Waals surface area contributed by atoms with Crippen molar-refractivity contribution in [2.75, 3.05) is 26.3 Å². The van der Waals surface area contributed by atoms with Gasteiger partial charge >= 0.3 is 5.97 Å². The van der Waals surface area contributed by atoms with Crippen molar-refractivity contribution in [2.24, 2.45) is 5.92 Å². The van der Waals surface area contributed by atoms with Crippen LogP contribution < -0.4 is 0 Å². The molecule has 22 heavy (non-hydrogen) atoms. The van der Waals surface area contributed by atoms with E-state index in [9.17, 15) is 9.59 Å². The molecule has 2 fully saturated rings. The lowest BCUT2D eigenvalue weighted by Gasteiger charge is -2.33. The van der Waals surface area contributed by atoms with Crippen molar-refractivity contribution >= 4 is 11.9 Å². The molecule has 2 heterocycles. The zero-order valence-corrected chi connectivity index (χ0v) is 13.3. The highest BCUT2D eigenvalue weighted by Gasteiger charge is 2.28. The second kappa shape index (κ2) is 8.48. The van der Waals surface area contributed by atoms with Crippen LogP contribution in [0, 0.1) is 5.92 Å². The van der Waals surface area contributed by atoms with Crippen LogP contribution in [0.3, 0.4) is 0 Å². The molecule has 2 atom stereocenters. The van der Waals surface area contributed by atoms with Crippen molar-refractivity contribution in [1.29, 1.82) is 0 Å². The Kier molecular flexibility index (Phi) is 6.64. The standard InChI is InChI=1S/C16H27NO5/c1-12(22-11-14-4-2-3-9-21-14)16(20)17-7-5-13(6-8-17)10-15(18)19/h12-14H,2-11H2,1H3,(H,18,19). The second-order valence-corrected chi connectivity index (χ2v) is 6.33. The van der Waals surface area contributed by atoms with E-state index in [1.807, 2.05) is 0 Å². The van der Waals surface area contributed by atoms with Gasteiger partial charge < -0.3 is 19.5 Å². The molecule has 2 aliphatic rings. The highest BCUT2D eigenvalue weighted by Crippen LogP contribution is 2.21. The fourth-order valence-corrected chi connectivity index (χ4v) is 3.12. The number of ether oxygens (including phenoxy) is 2. The molecule has 0 spiro atoms. The first-order valence-electron chi connectivity index (χ1n) is 8.30. The van der Waals surface area contributed by atoms with Gasteiger partial charge in [-0.3, -0.25) is 9.59 Å². The SMILES string of the molecule is CC(OCC1CCCCO1)C(=O)N1CCC(CC(=O)O)CC1. The summed E-state index contributed by atoms with van der Waals surface area (Å²) in [6.45, 7) is 4.30. The zero-order chi connectivity index (χ0) is 15.9. The quantitative estimate of drug-likeness (QED) is 0.807. The van der Waals surface area contributed by atoms with E-state index in [1.165, 1.54) is 0 Å². The minimum absolute atomic E-state index is 0.00424. The maximum atomic E-state index is 12.3. The lowest BCUT2D eigenvalue weighted by Crippen LogP contribution is -2.44. The van der Waals surface area contributed by atoms with Gasteiger partial charge in [0.15, 0.2) is 0 Å². The fourth-order valence-electron chi connectivity index (χ4n) is 3.12. The van der Waals surface area contributed by atoms with Crippen molar-refractivity contribution in [2.45, 2.75) is 57.7 Å². The van der Waals surface area contributed by atoms with E-state index < -0.39 is 12.1 Å². The van der Waals surface area contributed by atoms with Gasteiger partial charge in [-0.1, -0.05) is 0 Å². The summed E-state index contributed by atoms with van der Waals surface area (Å²) in [5.74, 6) is -0.563. The minimum atomic E-state index is -0.756. The Hall–Kier alpha value is -1.14. The number of rotatable bonds is 6. The van der Waals surface area contributed by atoms with Crippen LogP contribution in [0.25, 0.3) is 0 Å². The minimum Gasteiger partial charge on any atom is -0.481 e. The molecule has 0 bridgehead atoms. The highest BCUT2D eigenvalue weighted by atomic mass is 16.5. The van der Waals surface area contributed by atoms with Crippen molar-refractivity contribution in [3.8, 4) is 0 Å². The van der Waals surface area contributed by atoms with Crippen LogP contribution in [0.4, 0.5) is 0 Å². The van der Waals surface area contributed by atoms with E-state index in [1.54, 1.807) is 11.8 Å². The van der Waals surface area contributed by atoms with E-state index in [4.69, 9.17) is 14.6 Å². The normalized spacial score (nSPS) is 25.0. The average Bonchev–Trinajstić information content (AvgIpc) is 2.53. The molecule has 126 valence electrons. The largest absolute Gasteiger partial charge is 0.481 e. The Balaban J connectivity index is 1.68. The number of piperidine rings is 1. The molecular formula is C16H27NO5. The summed E-state index contributed by atoms with van der Waals surface area (Å²) in [7, 11) is 0. The molecule has 0 saturated carbocycles. The third kappa shape index (κ3) is 5.25. The van der Waals surface area contributed by atoms with E-state index in [2.05, 4.69) is 0 Å². The molecule has 6 heteroatoms. The van der Waals surface area contributed by atoms with Gasteiger partial charge in [-0.15, -0.1) is 0 Å². The Bertz CT molecular complexity index is 373. The number of carbonyl (C=O) groups is 2. The number of carbonyl (C=O) groups excluding carboxylic acids is 1. The number of nitrogens with zero attached hydrogens (tertiary/aromatic N) is 1. The average molecular weight is 313 g/mol. The number of aliphatic carboxylic acids is 1. The van der Waals surface area contributed by atoms with Crippen LogP contribution in [0.5, 0.6) is 0 Å². The van der Waals surface area contributed by atoms with Crippen LogP contribution >= 0.6 is 0 Å². The molecule has 0 aromatic heterocycles.